The molecule has 1 unspecified atom stereocenters. The molecule has 0 saturated carbocycles. The van der Waals surface area contributed by atoms with Gasteiger partial charge in [-0.3, -0.25) is 14.6 Å². The van der Waals surface area contributed by atoms with Crippen LogP contribution in [0.5, 0.6) is 0 Å². The predicted octanol–water partition coefficient (Wildman–Crippen LogP) is 1.23. The summed E-state index contributed by atoms with van der Waals surface area (Å²) in [4.78, 5) is 38.8. The molecule has 1 fully saturated rings. The number of rotatable bonds is 4. The minimum Gasteiger partial charge on any atom is -0.345 e. The van der Waals surface area contributed by atoms with Crippen molar-refractivity contribution < 1.29 is 9.59 Å². The number of nitrogens with zero attached hydrogens (tertiary/aromatic N) is 4. The summed E-state index contributed by atoms with van der Waals surface area (Å²) in [6.07, 6.45) is 6.64. The van der Waals surface area contributed by atoms with Crippen LogP contribution in [0.3, 0.4) is 0 Å². The zero-order valence-corrected chi connectivity index (χ0v) is 14.6. The maximum atomic E-state index is 12.7. The maximum absolute atomic E-state index is 12.7. The SMILES string of the molecule is CC(C)C1=CC(C(=O)N2CCC(NC(=O)c3ncccn3)C2)=NCC1. The molecule has 1 saturated heterocycles. The lowest BCUT2D eigenvalue weighted by Gasteiger charge is -2.20. The molecule has 2 aliphatic rings. The van der Waals surface area contributed by atoms with Gasteiger partial charge in [0.2, 0.25) is 5.82 Å². The van der Waals surface area contributed by atoms with Crippen molar-refractivity contribution in [3.63, 3.8) is 0 Å². The lowest BCUT2D eigenvalue weighted by Crippen LogP contribution is -2.41. The third-order valence-electron chi connectivity index (χ3n) is 4.54. The fourth-order valence-electron chi connectivity index (χ4n) is 3.07. The smallest absolute Gasteiger partial charge is 0.289 e. The summed E-state index contributed by atoms with van der Waals surface area (Å²) in [5.41, 5.74) is 1.80. The Bertz CT molecular complexity index is 711. The summed E-state index contributed by atoms with van der Waals surface area (Å²) in [5, 5.41) is 2.90. The lowest BCUT2D eigenvalue weighted by molar-refractivity contribution is -0.123. The molecule has 0 radical (unpaired) electrons. The number of hydrogen-bond acceptors (Lipinski definition) is 5. The fraction of sp³-hybridized carbons (Fsp3) is 0.500. The van der Waals surface area contributed by atoms with Gasteiger partial charge in [-0.1, -0.05) is 19.4 Å². The summed E-state index contributed by atoms with van der Waals surface area (Å²) >= 11 is 0. The quantitative estimate of drug-likeness (QED) is 0.892. The minimum absolute atomic E-state index is 0.0504. The van der Waals surface area contributed by atoms with Crippen molar-refractivity contribution in [1.82, 2.24) is 20.2 Å². The third-order valence-corrected chi connectivity index (χ3v) is 4.54. The van der Waals surface area contributed by atoms with Gasteiger partial charge < -0.3 is 10.2 Å². The molecule has 132 valence electrons. The first kappa shape index (κ1) is 17.3. The molecule has 1 N–H and O–H groups in total. The Kier molecular flexibility index (Phi) is 5.21. The molecule has 1 aromatic heterocycles. The van der Waals surface area contributed by atoms with Crippen LogP contribution in [-0.4, -0.2) is 58.1 Å². The van der Waals surface area contributed by atoms with Crippen molar-refractivity contribution in [2.45, 2.75) is 32.7 Å². The molecule has 0 bridgehead atoms. The second-order valence-corrected chi connectivity index (χ2v) is 6.67. The molecule has 1 aromatic rings. The van der Waals surface area contributed by atoms with E-state index in [0.717, 1.165) is 12.8 Å². The molecule has 3 heterocycles. The highest BCUT2D eigenvalue weighted by molar-refractivity contribution is 6.43. The van der Waals surface area contributed by atoms with Gasteiger partial charge in [0.25, 0.3) is 11.8 Å². The molecule has 2 aliphatic heterocycles. The van der Waals surface area contributed by atoms with E-state index in [-0.39, 0.29) is 23.7 Å². The van der Waals surface area contributed by atoms with E-state index >= 15 is 0 Å². The predicted molar refractivity (Wildman–Crippen MR) is 94.3 cm³/mol. The first-order valence-electron chi connectivity index (χ1n) is 8.66. The summed E-state index contributed by atoms with van der Waals surface area (Å²) < 4.78 is 0. The summed E-state index contributed by atoms with van der Waals surface area (Å²) in [5.74, 6) is 0.214. The van der Waals surface area contributed by atoms with Crippen molar-refractivity contribution in [2.24, 2.45) is 10.9 Å². The van der Waals surface area contributed by atoms with Crippen LogP contribution in [-0.2, 0) is 4.79 Å². The highest BCUT2D eigenvalue weighted by Gasteiger charge is 2.30. The number of carbonyl (C=O) groups excluding carboxylic acids is 2. The van der Waals surface area contributed by atoms with Gasteiger partial charge in [0, 0.05) is 38.1 Å². The Morgan fingerprint density at radius 1 is 1.28 bits per heavy atom. The van der Waals surface area contributed by atoms with Crippen molar-refractivity contribution in [3.05, 3.63) is 35.9 Å². The van der Waals surface area contributed by atoms with Crippen LogP contribution in [0, 0.1) is 5.92 Å². The van der Waals surface area contributed by atoms with Crippen LogP contribution >= 0.6 is 0 Å². The van der Waals surface area contributed by atoms with Gasteiger partial charge in [-0.05, 0) is 30.9 Å². The Morgan fingerprint density at radius 3 is 2.76 bits per heavy atom. The van der Waals surface area contributed by atoms with E-state index in [9.17, 15) is 9.59 Å². The molecule has 0 spiro atoms. The summed E-state index contributed by atoms with van der Waals surface area (Å²) in [6, 6.07) is 1.58. The largest absolute Gasteiger partial charge is 0.345 e. The van der Waals surface area contributed by atoms with Crippen molar-refractivity contribution in [2.75, 3.05) is 19.6 Å². The molecular formula is C18H23N5O2. The molecule has 7 nitrogen and oxygen atoms in total. The van der Waals surface area contributed by atoms with Crippen LogP contribution in [0.4, 0.5) is 0 Å². The van der Waals surface area contributed by atoms with E-state index in [2.05, 4.69) is 34.1 Å². The van der Waals surface area contributed by atoms with Crippen LogP contribution in [0.1, 0.15) is 37.3 Å². The lowest BCUT2D eigenvalue weighted by atomic mass is 9.96. The molecule has 1 atom stereocenters. The highest BCUT2D eigenvalue weighted by atomic mass is 16.2. The average molecular weight is 341 g/mol. The van der Waals surface area contributed by atoms with Crippen molar-refractivity contribution in [1.29, 1.82) is 0 Å². The molecule has 2 amide bonds. The zero-order valence-electron chi connectivity index (χ0n) is 14.6. The molecule has 0 aromatic carbocycles. The van der Waals surface area contributed by atoms with E-state index in [1.165, 1.54) is 18.0 Å². The van der Waals surface area contributed by atoms with Gasteiger partial charge in [0.15, 0.2) is 0 Å². The molecule has 0 aliphatic carbocycles. The van der Waals surface area contributed by atoms with E-state index in [1.54, 1.807) is 11.0 Å². The molecule has 3 rings (SSSR count). The van der Waals surface area contributed by atoms with Crippen molar-refractivity contribution >= 4 is 17.5 Å². The molecule has 25 heavy (non-hydrogen) atoms. The first-order valence-corrected chi connectivity index (χ1v) is 8.66. The van der Waals surface area contributed by atoms with E-state index < -0.39 is 0 Å². The van der Waals surface area contributed by atoms with Gasteiger partial charge in [0.05, 0.1) is 0 Å². The number of carbonyl (C=O) groups is 2. The first-order chi connectivity index (χ1) is 12.0. The van der Waals surface area contributed by atoms with Gasteiger partial charge in [-0.15, -0.1) is 0 Å². The standard InChI is InChI=1S/C18H23N5O2/c1-12(2)13-4-8-19-15(10-13)18(25)23-9-5-14(11-23)22-17(24)16-20-6-3-7-21-16/h3,6-7,10,12,14H,4-5,8-9,11H2,1-2H3,(H,22,24). The topological polar surface area (TPSA) is 87.5 Å². The van der Waals surface area contributed by atoms with E-state index in [1.807, 2.05) is 6.08 Å². The Balaban J connectivity index is 1.58. The number of dihydropyridines is 1. The van der Waals surface area contributed by atoms with Gasteiger partial charge in [0.1, 0.15) is 5.71 Å². The van der Waals surface area contributed by atoms with Crippen LogP contribution in [0.15, 0.2) is 35.1 Å². The minimum atomic E-state index is -0.308. The summed E-state index contributed by atoms with van der Waals surface area (Å²) in [6.45, 7) is 6.04. The second-order valence-electron chi connectivity index (χ2n) is 6.67. The fourth-order valence-corrected chi connectivity index (χ4v) is 3.07. The van der Waals surface area contributed by atoms with Crippen LogP contribution in [0.25, 0.3) is 0 Å². The Hall–Kier alpha value is -2.57. The second kappa shape index (κ2) is 7.55. The zero-order chi connectivity index (χ0) is 17.8. The van der Waals surface area contributed by atoms with Crippen LogP contribution < -0.4 is 5.32 Å². The maximum Gasteiger partial charge on any atom is 0.289 e. The number of hydrogen-bond donors (Lipinski definition) is 1. The average Bonchev–Trinajstić information content (AvgIpc) is 3.10. The number of aliphatic imine (C=N–C) groups is 1. The van der Waals surface area contributed by atoms with E-state index in [0.29, 0.717) is 31.3 Å². The van der Waals surface area contributed by atoms with Gasteiger partial charge in [-0.2, -0.15) is 0 Å². The molecular weight excluding hydrogens is 318 g/mol. The number of nitrogens with one attached hydrogen (secondary N) is 1. The number of likely N-dealkylation sites (tertiary alicyclic amines) is 1. The Labute approximate surface area is 147 Å². The summed E-state index contributed by atoms with van der Waals surface area (Å²) in [7, 11) is 0. The Morgan fingerprint density at radius 2 is 2.04 bits per heavy atom. The monoisotopic (exact) mass is 341 g/mol. The normalized spacial score (nSPS) is 20.3. The highest BCUT2D eigenvalue weighted by Crippen LogP contribution is 2.19. The number of aromatic nitrogens is 2. The van der Waals surface area contributed by atoms with Crippen molar-refractivity contribution in [3.8, 4) is 0 Å². The van der Waals surface area contributed by atoms with Gasteiger partial charge in [-0.25, -0.2) is 9.97 Å². The molecule has 7 heteroatoms. The third kappa shape index (κ3) is 4.10. The van der Waals surface area contributed by atoms with Gasteiger partial charge >= 0.3 is 0 Å². The van der Waals surface area contributed by atoms with E-state index in [4.69, 9.17) is 0 Å². The number of amides is 2. The van der Waals surface area contributed by atoms with Crippen LogP contribution in [0.2, 0.25) is 0 Å².